The molecule has 68 valence electrons. The molecule has 0 aromatic heterocycles. The van der Waals surface area contributed by atoms with E-state index < -0.39 is 5.82 Å². The maximum atomic E-state index is 13.1. The van der Waals surface area contributed by atoms with Crippen LogP contribution < -0.4 is 0 Å². The van der Waals surface area contributed by atoms with E-state index in [1.807, 2.05) is 0 Å². The van der Waals surface area contributed by atoms with Crippen molar-refractivity contribution in [3.8, 4) is 0 Å². The van der Waals surface area contributed by atoms with Crippen molar-refractivity contribution in [3.05, 3.63) is 40.2 Å². The Labute approximate surface area is 80.8 Å². The molecule has 0 saturated carbocycles. The quantitative estimate of drug-likeness (QED) is 0.527. The molecule has 0 radical (unpaired) electrons. The summed E-state index contributed by atoms with van der Waals surface area (Å²) in [5.74, 6) is -0.422. The minimum Gasteiger partial charge on any atom is -0.298 e. The summed E-state index contributed by atoms with van der Waals surface area (Å²) in [5, 5.41) is 0.346. The van der Waals surface area contributed by atoms with E-state index in [-0.39, 0.29) is 0 Å². The molecule has 0 aliphatic rings. The molecule has 0 amide bonds. The minimum absolute atomic E-state index is 0.346. The molecule has 1 nitrogen and oxygen atoms in total. The second-order valence-corrected chi connectivity index (χ2v) is 3.11. The molecular weight excluding hydrogens is 191 g/mol. The molecule has 1 aromatic rings. The maximum Gasteiger partial charge on any atom is 0.145 e. The van der Waals surface area contributed by atoms with Crippen LogP contribution in [0.1, 0.15) is 12.5 Å². The molecule has 1 rings (SSSR count). The van der Waals surface area contributed by atoms with Crippen molar-refractivity contribution in [3.63, 3.8) is 0 Å². The smallest absolute Gasteiger partial charge is 0.145 e. The lowest BCUT2D eigenvalue weighted by molar-refractivity contribution is -0.104. The highest BCUT2D eigenvalue weighted by Gasteiger charge is 1.99. The Hall–Kier alpha value is -1.15. The Kier molecular flexibility index (Phi) is 3.20. The fourth-order valence-electron chi connectivity index (χ4n) is 0.898. The monoisotopic (exact) mass is 198 g/mol. The first-order valence-electron chi connectivity index (χ1n) is 3.72. The molecular formula is C10H8ClFO. The number of benzene rings is 1. The van der Waals surface area contributed by atoms with Crippen molar-refractivity contribution >= 4 is 24.0 Å². The van der Waals surface area contributed by atoms with Crippen molar-refractivity contribution in [2.24, 2.45) is 0 Å². The van der Waals surface area contributed by atoms with Crippen LogP contribution in [0.15, 0.2) is 23.8 Å². The molecule has 0 heterocycles. The van der Waals surface area contributed by atoms with Gasteiger partial charge in [-0.2, -0.15) is 0 Å². The largest absolute Gasteiger partial charge is 0.298 e. The van der Waals surface area contributed by atoms with E-state index in [2.05, 4.69) is 0 Å². The van der Waals surface area contributed by atoms with Crippen molar-refractivity contribution in [2.45, 2.75) is 6.92 Å². The molecule has 0 unspecified atom stereocenters. The van der Waals surface area contributed by atoms with E-state index >= 15 is 0 Å². The van der Waals surface area contributed by atoms with E-state index in [4.69, 9.17) is 11.6 Å². The third kappa shape index (κ3) is 2.67. The van der Waals surface area contributed by atoms with Crippen molar-refractivity contribution in [2.75, 3.05) is 0 Å². The highest BCUT2D eigenvalue weighted by atomic mass is 35.5. The van der Waals surface area contributed by atoms with Gasteiger partial charge in [0.2, 0.25) is 0 Å². The van der Waals surface area contributed by atoms with Crippen LogP contribution in [-0.2, 0) is 4.79 Å². The number of halogens is 2. The van der Waals surface area contributed by atoms with Gasteiger partial charge in [0.15, 0.2) is 0 Å². The van der Waals surface area contributed by atoms with Gasteiger partial charge in [0.25, 0.3) is 0 Å². The molecule has 3 heteroatoms. The standard InChI is InChI=1S/C10H8ClFO/c1-7(6-13)4-8-2-3-9(11)5-10(8)12/h2-6H,1H3/b7-4-. The van der Waals surface area contributed by atoms with Gasteiger partial charge < -0.3 is 0 Å². The summed E-state index contributed by atoms with van der Waals surface area (Å²) in [4.78, 5) is 10.3. The second kappa shape index (κ2) is 4.19. The summed E-state index contributed by atoms with van der Waals surface area (Å²) in [5.41, 5.74) is 0.843. The van der Waals surface area contributed by atoms with Crippen LogP contribution in [0.5, 0.6) is 0 Å². The number of carbonyl (C=O) groups is 1. The van der Waals surface area contributed by atoms with Crippen LogP contribution in [0.2, 0.25) is 5.02 Å². The first-order chi connectivity index (χ1) is 6.13. The van der Waals surface area contributed by atoms with Gasteiger partial charge in [0.05, 0.1) is 0 Å². The zero-order chi connectivity index (χ0) is 9.84. The lowest BCUT2D eigenvalue weighted by Crippen LogP contribution is -1.83. The number of allylic oxidation sites excluding steroid dienone is 1. The summed E-state index contributed by atoms with van der Waals surface area (Å²) < 4.78 is 13.1. The van der Waals surface area contributed by atoms with Crippen LogP contribution >= 0.6 is 11.6 Å². The van der Waals surface area contributed by atoms with Crippen LogP contribution in [0.25, 0.3) is 6.08 Å². The highest BCUT2D eigenvalue weighted by molar-refractivity contribution is 6.30. The van der Waals surface area contributed by atoms with E-state index in [0.29, 0.717) is 22.4 Å². The van der Waals surface area contributed by atoms with E-state index in [0.717, 1.165) is 0 Å². The Morgan fingerprint density at radius 1 is 1.54 bits per heavy atom. The number of aldehydes is 1. The zero-order valence-electron chi connectivity index (χ0n) is 7.05. The number of hydrogen-bond donors (Lipinski definition) is 0. The maximum absolute atomic E-state index is 13.1. The predicted octanol–water partition coefficient (Wildman–Crippen LogP) is 3.08. The van der Waals surface area contributed by atoms with Gasteiger partial charge in [-0.15, -0.1) is 0 Å². The van der Waals surface area contributed by atoms with Crippen LogP contribution in [0, 0.1) is 5.82 Å². The fourth-order valence-corrected chi connectivity index (χ4v) is 1.06. The van der Waals surface area contributed by atoms with Crippen molar-refractivity contribution in [1.82, 2.24) is 0 Å². The van der Waals surface area contributed by atoms with Gasteiger partial charge in [-0.05, 0) is 30.7 Å². The molecule has 0 aliphatic heterocycles. The first-order valence-corrected chi connectivity index (χ1v) is 4.10. The molecule has 0 aliphatic carbocycles. The first kappa shape index (κ1) is 9.93. The molecule has 0 saturated heterocycles. The molecule has 0 N–H and O–H groups in total. The average molecular weight is 199 g/mol. The summed E-state index contributed by atoms with van der Waals surface area (Å²) in [6.45, 7) is 1.61. The Morgan fingerprint density at radius 2 is 2.23 bits per heavy atom. The Balaban J connectivity index is 3.09. The second-order valence-electron chi connectivity index (χ2n) is 2.67. The van der Waals surface area contributed by atoms with E-state index in [1.54, 1.807) is 13.0 Å². The van der Waals surface area contributed by atoms with Crippen molar-refractivity contribution < 1.29 is 9.18 Å². The van der Waals surface area contributed by atoms with Crippen LogP contribution in [0.4, 0.5) is 4.39 Å². The van der Waals surface area contributed by atoms with Crippen molar-refractivity contribution in [1.29, 1.82) is 0 Å². The summed E-state index contributed by atoms with van der Waals surface area (Å²) in [6.07, 6.45) is 2.15. The zero-order valence-corrected chi connectivity index (χ0v) is 7.81. The molecule has 0 fully saturated rings. The Morgan fingerprint density at radius 3 is 2.77 bits per heavy atom. The molecule has 0 spiro atoms. The summed E-state index contributed by atoms with van der Waals surface area (Å²) in [6, 6.07) is 4.32. The molecule has 1 aromatic carbocycles. The fraction of sp³-hybridized carbons (Fsp3) is 0.100. The van der Waals surface area contributed by atoms with Gasteiger partial charge in [-0.25, -0.2) is 4.39 Å². The number of carbonyl (C=O) groups excluding carboxylic acids is 1. The van der Waals surface area contributed by atoms with E-state index in [1.165, 1.54) is 18.2 Å². The average Bonchev–Trinajstić information content (AvgIpc) is 2.09. The SMILES string of the molecule is C/C(C=O)=C/c1ccc(Cl)cc1F. The molecule has 13 heavy (non-hydrogen) atoms. The normalized spacial score (nSPS) is 11.5. The van der Waals surface area contributed by atoms with Gasteiger partial charge in [-0.1, -0.05) is 17.7 Å². The lowest BCUT2D eigenvalue weighted by Gasteiger charge is -1.97. The number of hydrogen-bond acceptors (Lipinski definition) is 1. The lowest BCUT2D eigenvalue weighted by atomic mass is 10.1. The summed E-state index contributed by atoms with van der Waals surface area (Å²) in [7, 11) is 0. The molecule has 0 bridgehead atoms. The third-order valence-electron chi connectivity index (χ3n) is 1.53. The highest BCUT2D eigenvalue weighted by Crippen LogP contribution is 2.16. The van der Waals surface area contributed by atoms with Gasteiger partial charge >= 0.3 is 0 Å². The minimum atomic E-state index is -0.422. The molecule has 0 atom stereocenters. The van der Waals surface area contributed by atoms with Gasteiger partial charge in [0, 0.05) is 10.6 Å². The van der Waals surface area contributed by atoms with E-state index in [9.17, 15) is 9.18 Å². The van der Waals surface area contributed by atoms with Crippen LogP contribution in [0.3, 0.4) is 0 Å². The van der Waals surface area contributed by atoms with Crippen LogP contribution in [-0.4, -0.2) is 6.29 Å². The van der Waals surface area contributed by atoms with Gasteiger partial charge in [0.1, 0.15) is 12.1 Å². The predicted molar refractivity (Wildman–Crippen MR) is 51.1 cm³/mol. The third-order valence-corrected chi connectivity index (χ3v) is 1.77. The topological polar surface area (TPSA) is 17.1 Å². The van der Waals surface area contributed by atoms with Gasteiger partial charge in [-0.3, -0.25) is 4.79 Å². The number of rotatable bonds is 2. The Bertz CT molecular complexity index is 358. The summed E-state index contributed by atoms with van der Waals surface area (Å²) >= 11 is 5.56.